The monoisotopic (exact) mass is 482 g/mol. The molecule has 3 aromatic rings. The molecule has 1 aliphatic rings. The molecule has 7 nitrogen and oxygen atoms in total. The predicted octanol–water partition coefficient (Wildman–Crippen LogP) is 5.63. The first-order chi connectivity index (χ1) is 16.6. The van der Waals surface area contributed by atoms with Gasteiger partial charge in [-0.2, -0.15) is 0 Å². The number of hydrogen-bond donors (Lipinski definition) is 3. The van der Waals surface area contributed by atoms with Crippen molar-refractivity contribution in [1.82, 2.24) is 15.0 Å². The molecular formula is C26H28F2N4O3. The van der Waals surface area contributed by atoms with Crippen molar-refractivity contribution in [2.45, 2.75) is 51.6 Å². The number of carboxylic acid groups (broad SMARTS) is 1. The number of carbonyl (C=O) groups is 1. The summed E-state index contributed by atoms with van der Waals surface area (Å²) in [5.41, 5.74) is 2.32. The Bertz CT molecular complexity index is 1190. The smallest absolute Gasteiger partial charge is 0.306 e. The molecule has 0 bridgehead atoms. The highest BCUT2D eigenvalue weighted by molar-refractivity contribution is 5.71. The molecule has 2 heterocycles. The zero-order valence-electron chi connectivity index (χ0n) is 19.6. The minimum absolute atomic E-state index is 0.0600. The van der Waals surface area contributed by atoms with Gasteiger partial charge in [0.15, 0.2) is 0 Å². The molecule has 0 amide bonds. The van der Waals surface area contributed by atoms with Gasteiger partial charge in [-0.15, -0.1) is 0 Å². The van der Waals surface area contributed by atoms with Gasteiger partial charge in [-0.3, -0.25) is 9.78 Å². The SMILES string of the molecule is Cc1cc(Nc2nccc(C(F)F)n2)cc(-c2ccc(C(C)(O)[C@H]3CC[C@H](C(=O)O)CC3)nc2)c1. The lowest BCUT2D eigenvalue weighted by Crippen LogP contribution is -2.36. The lowest BCUT2D eigenvalue weighted by atomic mass is 9.73. The molecule has 1 unspecified atom stereocenters. The molecule has 184 valence electrons. The van der Waals surface area contributed by atoms with Crippen molar-refractivity contribution in [1.29, 1.82) is 0 Å². The number of alkyl halides is 2. The summed E-state index contributed by atoms with van der Waals surface area (Å²) in [6, 6.07) is 10.5. The number of aryl methyl sites for hydroxylation is 1. The van der Waals surface area contributed by atoms with Crippen LogP contribution >= 0.6 is 0 Å². The number of halogens is 2. The topological polar surface area (TPSA) is 108 Å². The summed E-state index contributed by atoms with van der Waals surface area (Å²) in [4.78, 5) is 23.6. The van der Waals surface area contributed by atoms with Gasteiger partial charge in [0, 0.05) is 23.6 Å². The van der Waals surface area contributed by atoms with Crippen molar-refractivity contribution in [3.63, 3.8) is 0 Å². The number of benzene rings is 1. The molecule has 0 spiro atoms. The van der Waals surface area contributed by atoms with Crippen LogP contribution in [-0.2, 0) is 10.4 Å². The van der Waals surface area contributed by atoms with Gasteiger partial charge < -0.3 is 15.5 Å². The summed E-state index contributed by atoms with van der Waals surface area (Å²) < 4.78 is 25.9. The quantitative estimate of drug-likeness (QED) is 0.401. The molecule has 0 aliphatic heterocycles. The molecule has 3 N–H and O–H groups in total. The molecule has 1 saturated carbocycles. The Hall–Kier alpha value is -3.46. The van der Waals surface area contributed by atoms with E-state index in [1.807, 2.05) is 31.2 Å². The van der Waals surface area contributed by atoms with E-state index >= 15 is 0 Å². The van der Waals surface area contributed by atoms with Crippen LogP contribution in [-0.4, -0.2) is 31.1 Å². The van der Waals surface area contributed by atoms with Crippen molar-refractivity contribution in [2.75, 3.05) is 5.32 Å². The molecule has 0 saturated heterocycles. The Morgan fingerprint density at radius 1 is 1.09 bits per heavy atom. The first-order valence-corrected chi connectivity index (χ1v) is 11.6. The fourth-order valence-corrected chi connectivity index (χ4v) is 4.68. The molecule has 1 aromatic carbocycles. The van der Waals surface area contributed by atoms with E-state index in [0.717, 1.165) is 16.7 Å². The highest BCUT2D eigenvalue weighted by atomic mass is 19.3. The number of rotatable bonds is 7. The Balaban J connectivity index is 1.52. The minimum atomic E-state index is -2.68. The Labute approximate surface area is 202 Å². The van der Waals surface area contributed by atoms with Gasteiger partial charge in [0.05, 0.1) is 11.6 Å². The van der Waals surface area contributed by atoms with Crippen LogP contribution in [0.2, 0.25) is 0 Å². The second-order valence-corrected chi connectivity index (χ2v) is 9.28. The number of hydrogen-bond acceptors (Lipinski definition) is 6. The van der Waals surface area contributed by atoms with Crippen LogP contribution in [0.3, 0.4) is 0 Å². The van der Waals surface area contributed by atoms with Gasteiger partial charge >= 0.3 is 5.97 Å². The third kappa shape index (κ3) is 5.62. The maximum absolute atomic E-state index is 13.0. The number of aliphatic carboxylic acids is 1. The van der Waals surface area contributed by atoms with Crippen LogP contribution in [0.1, 0.15) is 56.0 Å². The zero-order valence-corrected chi connectivity index (χ0v) is 19.6. The summed E-state index contributed by atoms with van der Waals surface area (Å²) in [5.74, 6) is -1.09. The summed E-state index contributed by atoms with van der Waals surface area (Å²) >= 11 is 0. The van der Waals surface area contributed by atoms with Crippen molar-refractivity contribution < 1.29 is 23.8 Å². The lowest BCUT2D eigenvalue weighted by Gasteiger charge is -2.36. The van der Waals surface area contributed by atoms with E-state index in [1.165, 1.54) is 12.3 Å². The van der Waals surface area contributed by atoms with E-state index in [1.54, 1.807) is 19.2 Å². The minimum Gasteiger partial charge on any atom is -0.481 e. The van der Waals surface area contributed by atoms with Gasteiger partial charge in [0.1, 0.15) is 11.3 Å². The van der Waals surface area contributed by atoms with Crippen molar-refractivity contribution >= 4 is 17.6 Å². The number of nitrogens with zero attached hydrogens (tertiary/aromatic N) is 3. The maximum atomic E-state index is 13.0. The fraction of sp³-hybridized carbons (Fsp3) is 0.385. The highest BCUT2D eigenvalue weighted by Gasteiger charge is 2.38. The Morgan fingerprint density at radius 2 is 1.83 bits per heavy atom. The number of anilines is 2. The van der Waals surface area contributed by atoms with Gasteiger partial charge in [-0.25, -0.2) is 18.7 Å². The van der Waals surface area contributed by atoms with Gasteiger partial charge in [0.25, 0.3) is 6.43 Å². The van der Waals surface area contributed by atoms with Crippen LogP contribution in [0, 0.1) is 18.8 Å². The van der Waals surface area contributed by atoms with Gasteiger partial charge in [-0.1, -0.05) is 12.1 Å². The molecular weight excluding hydrogens is 454 g/mol. The van der Waals surface area contributed by atoms with Crippen LogP contribution in [0.4, 0.5) is 20.4 Å². The van der Waals surface area contributed by atoms with E-state index in [0.29, 0.717) is 37.1 Å². The third-order valence-corrected chi connectivity index (χ3v) is 6.72. The Morgan fingerprint density at radius 3 is 2.46 bits per heavy atom. The molecule has 1 fully saturated rings. The Kier molecular flexibility index (Phi) is 7.07. The normalized spacial score (nSPS) is 19.8. The summed E-state index contributed by atoms with van der Waals surface area (Å²) in [6.45, 7) is 3.66. The molecule has 4 rings (SSSR count). The third-order valence-electron chi connectivity index (χ3n) is 6.72. The number of pyridine rings is 1. The first kappa shape index (κ1) is 24.7. The maximum Gasteiger partial charge on any atom is 0.306 e. The van der Waals surface area contributed by atoms with E-state index in [4.69, 9.17) is 0 Å². The molecule has 1 aliphatic carbocycles. The van der Waals surface area contributed by atoms with Crippen LogP contribution in [0.15, 0.2) is 48.8 Å². The predicted molar refractivity (Wildman–Crippen MR) is 127 cm³/mol. The zero-order chi connectivity index (χ0) is 25.2. The van der Waals surface area contributed by atoms with E-state index in [-0.39, 0.29) is 23.5 Å². The lowest BCUT2D eigenvalue weighted by molar-refractivity contribution is -0.144. The van der Waals surface area contributed by atoms with Crippen LogP contribution in [0.5, 0.6) is 0 Å². The molecule has 9 heteroatoms. The molecule has 35 heavy (non-hydrogen) atoms. The van der Waals surface area contributed by atoms with Crippen LogP contribution < -0.4 is 5.32 Å². The number of carboxylic acids is 1. The average molecular weight is 483 g/mol. The highest BCUT2D eigenvalue weighted by Crippen LogP contribution is 2.40. The largest absolute Gasteiger partial charge is 0.481 e. The van der Waals surface area contributed by atoms with Gasteiger partial charge in [0.2, 0.25) is 5.95 Å². The van der Waals surface area contributed by atoms with E-state index in [2.05, 4.69) is 20.3 Å². The van der Waals surface area contributed by atoms with E-state index in [9.17, 15) is 23.8 Å². The second kappa shape index (κ2) is 10.0. The second-order valence-electron chi connectivity index (χ2n) is 9.28. The average Bonchev–Trinajstić information content (AvgIpc) is 2.84. The first-order valence-electron chi connectivity index (χ1n) is 11.6. The standard InChI is InChI=1S/C26H28F2N4O3/c1-15-11-18(13-20(12-15)31-25-29-10-9-21(32-25)23(27)28)17-5-8-22(30-14-17)26(2,35)19-6-3-16(4-7-19)24(33)34/h5,8-14,16,19,23,35H,3-4,6-7H2,1-2H3,(H,33,34)(H,29,31,32)/t16-,19-,26?. The summed E-state index contributed by atoms with van der Waals surface area (Å²) in [5, 5.41) is 23.4. The van der Waals surface area contributed by atoms with E-state index < -0.39 is 18.0 Å². The number of aliphatic hydroxyl groups is 1. The molecule has 0 radical (unpaired) electrons. The number of nitrogens with one attached hydrogen (secondary N) is 1. The summed E-state index contributed by atoms with van der Waals surface area (Å²) in [6.07, 6.45) is 2.68. The number of aromatic nitrogens is 3. The van der Waals surface area contributed by atoms with Crippen molar-refractivity contribution in [2.24, 2.45) is 11.8 Å². The van der Waals surface area contributed by atoms with Crippen molar-refractivity contribution in [3.8, 4) is 11.1 Å². The van der Waals surface area contributed by atoms with Gasteiger partial charge in [-0.05, 0) is 80.8 Å². The van der Waals surface area contributed by atoms with Crippen molar-refractivity contribution in [3.05, 3.63) is 65.7 Å². The summed E-state index contributed by atoms with van der Waals surface area (Å²) in [7, 11) is 0. The molecule has 2 aromatic heterocycles. The fourth-order valence-electron chi connectivity index (χ4n) is 4.68. The molecule has 1 atom stereocenters. The van der Waals surface area contributed by atoms with Crippen LogP contribution in [0.25, 0.3) is 11.1 Å².